The Morgan fingerprint density at radius 1 is 1.24 bits per heavy atom. The van der Waals surface area contributed by atoms with Gasteiger partial charge in [-0.1, -0.05) is 31.7 Å². The molecule has 1 saturated carbocycles. The van der Waals surface area contributed by atoms with Gasteiger partial charge >= 0.3 is 0 Å². The molecule has 25 heavy (non-hydrogen) atoms. The molecule has 1 aromatic carbocycles. The molecule has 2 fully saturated rings. The van der Waals surface area contributed by atoms with Crippen molar-refractivity contribution in [2.75, 3.05) is 13.1 Å². The van der Waals surface area contributed by atoms with Crippen molar-refractivity contribution in [3.05, 3.63) is 35.1 Å². The Labute approximate surface area is 150 Å². The fourth-order valence-electron chi connectivity index (χ4n) is 5.52. The summed E-state index contributed by atoms with van der Waals surface area (Å²) >= 11 is 0. The number of hydrogen-bond donors (Lipinski definition) is 1. The van der Waals surface area contributed by atoms with Gasteiger partial charge in [-0.25, -0.2) is 4.39 Å². The van der Waals surface area contributed by atoms with Crippen molar-refractivity contribution in [3.8, 4) is 0 Å². The highest BCUT2D eigenvalue weighted by molar-refractivity contribution is 5.74. The molecule has 2 atom stereocenters. The molecule has 1 saturated heterocycles. The summed E-state index contributed by atoms with van der Waals surface area (Å²) in [6.07, 6.45) is 10.1. The number of rotatable bonds is 2. The third-order valence-electron chi connectivity index (χ3n) is 6.66. The summed E-state index contributed by atoms with van der Waals surface area (Å²) in [7, 11) is 0. The first-order chi connectivity index (χ1) is 12.1. The second-order valence-electron chi connectivity index (χ2n) is 8.33. The molecule has 0 radical (unpaired) electrons. The molecule has 1 aliphatic heterocycles. The van der Waals surface area contributed by atoms with E-state index in [9.17, 15) is 9.18 Å². The molecular formula is C21H29FN2O. The zero-order valence-corrected chi connectivity index (χ0v) is 15.2. The van der Waals surface area contributed by atoms with E-state index < -0.39 is 0 Å². The SMILES string of the molecule is CC(=O)N[C@H]1CC2(CCN(C3CCCCCC3)C2)c2ccc(F)cc21. The van der Waals surface area contributed by atoms with Gasteiger partial charge in [0.05, 0.1) is 6.04 Å². The monoisotopic (exact) mass is 344 g/mol. The number of nitrogens with one attached hydrogen (secondary N) is 1. The molecule has 1 aromatic rings. The minimum Gasteiger partial charge on any atom is -0.349 e. The van der Waals surface area contributed by atoms with E-state index in [0.29, 0.717) is 6.04 Å². The van der Waals surface area contributed by atoms with Crippen LogP contribution in [0.25, 0.3) is 0 Å². The number of amides is 1. The topological polar surface area (TPSA) is 32.3 Å². The first kappa shape index (κ1) is 17.0. The van der Waals surface area contributed by atoms with E-state index in [1.807, 2.05) is 6.07 Å². The van der Waals surface area contributed by atoms with Crippen LogP contribution < -0.4 is 5.32 Å². The van der Waals surface area contributed by atoms with Gasteiger partial charge in [-0.15, -0.1) is 0 Å². The Morgan fingerprint density at radius 2 is 2.00 bits per heavy atom. The van der Waals surface area contributed by atoms with Crippen molar-refractivity contribution < 1.29 is 9.18 Å². The molecule has 4 rings (SSSR count). The average Bonchev–Trinajstić information content (AvgIpc) is 2.98. The maximum atomic E-state index is 13.8. The summed E-state index contributed by atoms with van der Waals surface area (Å²) in [5.74, 6) is -0.236. The Bertz CT molecular complexity index is 653. The van der Waals surface area contributed by atoms with Crippen LogP contribution in [0.1, 0.15) is 75.5 Å². The molecule has 136 valence electrons. The van der Waals surface area contributed by atoms with Crippen LogP contribution in [0.15, 0.2) is 18.2 Å². The molecule has 1 spiro atoms. The van der Waals surface area contributed by atoms with Crippen LogP contribution in [0.5, 0.6) is 0 Å². The number of carbonyl (C=O) groups is 1. The van der Waals surface area contributed by atoms with E-state index in [1.54, 1.807) is 19.1 Å². The summed E-state index contributed by atoms with van der Waals surface area (Å²) in [4.78, 5) is 14.3. The van der Waals surface area contributed by atoms with Crippen molar-refractivity contribution in [2.24, 2.45) is 0 Å². The molecule has 0 aromatic heterocycles. The molecule has 1 amide bonds. The van der Waals surface area contributed by atoms with Crippen LogP contribution in [-0.2, 0) is 10.2 Å². The average molecular weight is 344 g/mol. The van der Waals surface area contributed by atoms with E-state index in [2.05, 4.69) is 10.2 Å². The fourth-order valence-corrected chi connectivity index (χ4v) is 5.52. The molecule has 1 N–H and O–H groups in total. The number of nitrogens with zero attached hydrogens (tertiary/aromatic N) is 1. The minimum atomic E-state index is -0.204. The number of fused-ring (bicyclic) bond motifs is 2. The fraction of sp³-hybridized carbons (Fsp3) is 0.667. The molecule has 0 bridgehead atoms. The van der Waals surface area contributed by atoms with E-state index >= 15 is 0 Å². The summed E-state index contributed by atoms with van der Waals surface area (Å²) < 4.78 is 13.8. The minimum absolute atomic E-state index is 0.0316. The number of likely N-dealkylation sites (tertiary alicyclic amines) is 1. The predicted molar refractivity (Wildman–Crippen MR) is 96.9 cm³/mol. The predicted octanol–water partition coefficient (Wildman–Crippen LogP) is 4.07. The van der Waals surface area contributed by atoms with Crippen LogP contribution in [0.4, 0.5) is 4.39 Å². The highest BCUT2D eigenvalue weighted by atomic mass is 19.1. The van der Waals surface area contributed by atoms with Gasteiger partial charge < -0.3 is 5.32 Å². The maximum absolute atomic E-state index is 13.8. The third-order valence-corrected chi connectivity index (χ3v) is 6.66. The number of benzene rings is 1. The molecule has 3 aliphatic rings. The number of halogens is 1. The third kappa shape index (κ3) is 3.21. The highest BCUT2D eigenvalue weighted by Crippen LogP contribution is 2.51. The molecule has 1 heterocycles. The molecule has 3 nitrogen and oxygen atoms in total. The number of carbonyl (C=O) groups excluding carboxylic acids is 1. The lowest BCUT2D eigenvalue weighted by molar-refractivity contribution is -0.119. The van der Waals surface area contributed by atoms with Gasteiger partial charge in [0, 0.05) is 24.9 Å². The normalized spacial score (nSPS) is 30.4. The van der Waals surface area contributed by atoms with Crippen molar-refractivity contribution in [2.45, 2.75) is 75.8 Å². The molecule has 1 unspecified atom stereocenters. The maximum Gasteiger partial charge on any atom is 0.217 e. The zero-order valence-electron chi connectivity index (χ0n) is 15.2. The van der Waals surface area contributed by atoms with E-state index in [-0.39, 0.29) is 23.2 Å². The summed E-state index contributed by atoms with van der Waals surface area (Å²) in [6.45, 7) is 3.75. The van der Waals surface area contributed by atoms with Crippen LogP contribution in [0.2, 0.25) is 0 Å². The largest absolute Gasteiger partial charge is 0.349 e. The standard InChI is InChI=1S/C21H29FN2O/c1-15(25)23-20-13-21(19-9-8-16(22)12-18(19)20)10-11-24(14-21)17-6-4-2-3-5-7-17/h8-9,12,17,20H,2-7,10-11,13-14H2,1H3,(H,23,25)/t20-,21?/m0/s1. The van der Waals surface area contributed by atoms with E-state index in [4.69, 9.17) is 0 Å². The van der Waals surface area contributed by atoms with Gasteiger partial charge in [0.25, 0.3) is 0 Å². The summed E-state index contributed by atoms with van der Waals surface area (Å²) in [6, 6.07) is 5.87. The van der Waals surface area contributed by atoms with Crippen LogP contribution >= 0.6 is 0 Å². The lowest BCUT2D eigenvalue weighted by Crippen LogP contribution is -2.36. The summed E-state index contributed by atoms with van der Waals surface area (Å²) in [5, 5.41) is 3.06. The van der Waals surface area contributed by atoms with E-state index in [0.717, 1.165) is 31.5 Å². The van der Waals surface area contributed by atoms with Crippen molar-refractivity contribution >= 4 is 5.91 Å². The van der Waals surface area contributed by atoms with Gasteiger partial charge in [0.1, 0.15) is 5.82 Å². The Balaban J connectivity index is 1.59. The highest BCUT2D eigenvalue weighted by Gasteiger charge is 2.49. The first-order valence-electron chi connectivity index (χ1n) is 9.88. The second-order valence-corrected chi connectivity index (χ2v) is 8.33. The van der Waals surface area contributed by atoms with Gasteiger partial charge in [0.2, 0.25) is 5.91 Å². The van der Waals surface area contributed by atoms with Crippen LogP contribution in [0.3, 0.4) is 0 Å². The smallest absolute Gasteiger partial charge is 0.217 e. The van der Waals surface area contributed by atoms with Gasteiger partial charge in [-0.3, -0.25) is 9.69 Å². The van der Waals surface area contributed by atoms with Crippen LogP contribution in [-0.4, -0.2) is 29.9 Å². The summed E-state index contributed by atoms with van der Waals surface area (Å²) in [5.41, 5.74) is 2.35. The van der Waals surface area contributed by atoms with Crippen molar-refractivity contribution in [3.63, 3.8) is 0 Å². The van der Waals surface area contributed by atoms with Gasteiger partial charge in [0.15, 0.2) is 0 Å². The van der Waals surface area contributed by atoms with Crippen LogP contribution in [0, 0.1) is 5.82 Å². The van der Waals surface area contributed by atoms with E-state index in [1.165, 1.54) is 44.1 Å². The van der Waals surface area contributed by atoms with Gasteiger partial charge in [-0.05, 0) is 55.5 Å². The quantitative estimate of drug-likeness (QED) is 0.820. The first-order valence-corrected chi connectivity index (χ1v) is 9.88. The Kier molecular flexibility index (Phi) is 4.57. The Hall–Kier alpha value is -1.42. The lowest BCUT2D eigenvalue weighted by atomic mass is 9.81. The second kappa shape index (κ2) is 6.71. The van der Waals surface area contributed by atoms with Gasteiger partial charge in [-0.2, -0.15) is 0 Å². The lowest BCUT2D eigenvalue weighted by Gasteiger charge is -2.30. The molecular weight excluding hydrogens is 315 g/mol. The Morgan fingerprint density at radius 3 is 2.72 bits per heavy atom. The van der Waals surface area contributed by atoms with Crippen molar-refractivity contribution in [1.29, 1.82) is 0 Å². The molecule has 2 aliphatic carbocycles. The van der Waals surface area contributed by atoms with Crippen molar-refractivity contribution in [1.82, 2.24) is 10.2 Å². The zero-order chi connectivity index (χ0) is 17.4. The molecule has 4 heteroatoms. The number of hydrogen-bond acceptors (Lipinski definition) is 2.